The van der Waals surface area contributed by atoms with Crippen LogP contribution in [0.1, 0.15) is 0 Å². The molecular formula is C62H37BN2O2. The molecule has 310 valence electrons. The topological polar surface area (TPSA) is 28.3 Å². The molecule has 0 saturated heterocycles. The Morgan fingerprint density at radius 3 is 1.21 bits per heavy atom. The number of nitrogens with zero attached hydrogens (tertiary/aromatic N) is 2. The minimum absolute atomic E-state index is 0.240. The van der Waals surface area contributed by atoms with E-state index in [2.05, 4.69) is 234 Å². The molecule has 0 fully saturated rings. The number of hydrogen-bond acceptors (Lipinski definition) is 2. The number of ether oxygens (including phenoxy) is 2. The Morgan fingerprint density at radius 2 is 0.731 bits per heavy atom. The second-order valence-corrected chi connectivity index (χ2v) is 17.9. The van der Waals surface area contributed by atoms with Crippen molar-refractivity contribution in [3.8, 4) is 56.6 Å². The van der Waals surface area contributed by atoms with E-state index in [1.54, 1.807) is 0 Å². The first-order valence-electron chi connectivity index (χ1n) is 23.0. The van der Waals surface area contributed by atoms with Crippen LogP contribution < -0.4 is 25.9 Å². The summed E-state index contributed by atoms with van der Waals surface area (Å²) in [6, 6.07) is 81.2. The van der Waals surface area contributed by atoms with Crippen LogP contribution >= 0.6 is 0 Å². The zero-order valence-electron chi connectivity index (χ0n) is 36.2. The fourth-order valence-electron chi connectivity index (χ4n) is 11.4. The summed E-state index contributed by atoms with van der Waals surface area (Å²) in [5, 5.41) is 9.40. The molecule has 0 atom stereocenters. The SMILES string of the molecule is c1ccc(-n2c3ccccc3c3ccc4c(c32)Oc2c(-c3ccc5ccccc5c3)cc(-c3ccc5ccccc5c3)c3c2B4c2ccc4c5ccccc5n(-c5ccccc5)c4c2O3)cc1. The van der Waals surface area contributed by atoms with Gasteiger partial charge in [-0.25, -0.2) is 0 Å². The van der Waals surface area contributed by atoms with Gasteiger partial charge in [-0.05, 0) is 98.2 Å². The van der Waals surface area contributed by atoms with Crippen LogP contribution in [0.4, 0.5) is 0 Å². The largest absolute Gasteiger partial charge is 0.455 e. The molecule has 2 aliphatic rings. The molecule has 13 aromatic rings. The van der Waals surface area contributed by atoms with Gasteiger partial charge in [0.2, 0.25) is 0 Å². The Labute approximate surface area is 386 Å². The van der Waals surface area contributed by atoms with Crippen molar-refractivity contribution in [3.05, 3.63) is 224 Å². The van der Waals surface area contributed by atoms with Crippen molar-refractivity contribution >= 4 is 88.3 Å². The van der Waals surface area contributed by atoms with E-state index in [-0.39, 0.29) is 6.71 Å². The number of para-hydroxylation sites is 4. The van der Waals surface area contributed by atoms with Crippen LogP contribution in [0.5, 0.6) is 23.0 Å². The Morgan fingerprint density at radius 1 is 0.313 bits per heavy atom. The fraction of sp³-hybridized carbons (Fsp3) is 0. The molecule has 0 aliphatic carbocycles. The monoisotopic (exact) mass is 852 g/mol. The highest BCUT2D eigenvalue weighted by Crippen LogP contribution is 2.50. The second-order valence-electron chi connectivity index (χ2n) is 17.9. The maximum Gasteiger partial charge on any atom is 0.260 e. The summed E-state index contributed by atoms with van der Waals surface area (Å²) in [4.78, 5) is 0. The normalized spacial score (nSPS) is 12.7. The highest BCUT2D eigenvalue weighted by atomic mass is 16.5. The molecule has 4 nitrogen and oxygen atoms in total. The molecule has 0 amide bonds. The average molecular weight is 853 g/mol. The Hall–Kier alpha value is -8.80. The summed E-state index contributed by atoms with van der Waals surface area (Å²) in [5.74, 6) is 3.36. The number of aromatic nitrogens is 2. The Bertz CT molecular complexity index is 3960. The van der Waals surface area contributed by atoms with Crippen molar-refractivity contribution in [2.24, 2.45) is 0 Å². The first-order chi connectivity index (χ1) is 33.2. The van der Waals surface area contributed by atoms with Gasteiger partial charge in [0.05, 0.1) is 22.1 Å². The molecular weight excluding hydrogens is 816 g/mol. The van der Waals surface area contributed by atoms with E-state index in [0.29, 0.717) is 0 Å². The number of rotatable bonds is 4. The van der Waals surface area contributed by atoms with E-state index in [9.17, 15) is 0 Å². The van der Waals surface area contributed by atoms with E-state index in [0.717, 1.165) is 106 Å². The fourth-order valence-corrected chi connectivity index (χ4v) is 11.4. The molecule has 0 unspecified atom stereocenters. The summed E-state index contributed by atoms with van der Waals surface area (Å²) in [7, 11) is 0. The second kappa shape index (κ2) is 13.9. The van der Waals surface area contributed by atoms with Gasteiger partial charge in [0.25, 0.3) is 6.71 Å². The van der Waals surface area contributed by atoms with Gasteiger partial charge >= 0.3 is 0 Å². The lowest BCUT2D eigenvalue weighted by Crippen LogP contribution is -2.57. The average Bonchev–Trinajstić information content (AvgIpc) is 3.92. The highest BCUT2D eigenvalue weighted by molar-refractivity contribution is 6.98. The van der Waals surface area contributed by atoms with Crippen LogP contribution in [0.3, 0.4) is 0 Å². The smallest absolute Gasteiger partial charge is 0.260 e. The molecule has 5 heteroatoms. The summed E-state index contributed by atoms with van der Waals surface area (Å²) in [5.41, 5.74) is 14.0. The van der Waals surface area contributed by atoms with Crippen molar-refractivity contribution in [3.63, 3.8) is 0 Å². The lowest BCUT2D eigenvalue weighted by Gasteiger charge is -2.36. The molecule has 4 heterocycles. The first kappa shape index (κ1) is 36.5. The van der Waals surface area contributed by atoms with Crippen molar-refractivity contribution in [2.45, 2.75) is 0 Å². The number of fused-ring (bicyclic) bond motifs is 14. The van der Waals surface area contributed by atoms with Crippen LogP contribution in [-0.2, 0) is 0 Å². The zero-order chi connectivity index (χ0) is 43.7. The van der Waals surface area contributed by atoms with Gasteiger partial charge < -0.3 is 18.6 Å². The lowest BCUT2D eigenvalue weighted by molar-refractivity contribution is 0.470. The quantitative estimate of drug-likeness (QED) is 0.165. The molecule has 11 aromatic carbocycles. The summed E-state index contributed by atoms with van der Waals surface area (Å²) >= 11 is 0. The molecule has 0 radical (unpaired) electrons. The maximum atomic E-state index is 7.73. The van der Waals surface area contributed by atoms with Crippen molar-refractivity contribution < 1.29 is 9.47 Å². The minimum atomic E-state index is -0.240. The van der Waals surface area contributed by atoms with Crippen LogP contribution in [0, 0.1) is 0 Å². The van der Waals surface area contributed by atoms with Crippen LogP contribution in [0.2, 0.25) is 0 Å². The van der Waals surface area contributed by atoms with E-state index in [1.165, 1.54) is 32.3 Å². The van der Waals surface area contributed by atoms with Gasteiger partial charge in [-0.1, -0.05) is 170 Å². The zero-order valence-corrected chi connectivity index (χ0v) is 36.2. The van der Waals surface area contributed by atoms with Gasteiger partial charge in [0.1, 0.15) is 23.0 Å². The summed E-state index contributed by atoms with van der Waals surface area (Å²) < 4.78 is 20.2. The third kappa shape index (κ3) is 5.19. The molecule has 0 bridgehead atoms. The van der Waals surface area contributed by atoms with Gasteiger partial charge in [0, 0.05) is 49.5 Å². The maximum absolute atomic E-state index is 7.73. The Balaban J connectivity index is 1.11. The molecule has 0 saturated carbocycles. The highest BCUT2D eigenvalue weighted by Gasteiger charge is 2.45. The van der Waals surface area contributed by atoms with E-state index in [4.69, 9.17) is 9.47 Å². The molecule has 2 aromatic heterocycles. The van der Waals surface area contributed by atoms with Crippen molar-refractivity contribution in [2.75, 3.05) is 0 Å². The van der Waals surface area contributed by atoms with Gasteiger partial charge in [-0.15, -0.1) is 0 Å². The third-order valence-corrected chi connectivity index (χ3v) is 14.4. The van der Waals surface area contributed by atoms with Gasteiger partial charge in [0.15, 0.2) is 0 Å². The van der Waals surface area contributed by atoms with Crippen molar-refractivity contribution in [1.82, 2.24) is 9.13 Å². The molecule has 2 aliphatic heterocycles. The predicted molar refractivity (Wildman–Crippen MR) is 279 cm³/mol. The third-order valence-electron chi connectivity index (χ3n) is 14.4. The first-order valence-corrected chi connectivity index (χ1v) is 23.0. The Kier molecular flexibility index (Phi) is 7.55. The van der Waals surface area contributed by atoms with Crippen LogP contribution in [-0.4, -0.2) is 15.8 Å². The molecule has 67 heavy (non-hydrogen) atoms. The van der Waals surface area contributed by atoms with Gasteiger partial charge in [-0.2, -0.15) is 0 Å². The molecule has 0 N–H and O–H groups in total. The van der Waals surface area contributed by atoms with Gasteiger partial charge in [-0.3, -0.25) is 0 Å². The number of hydrogen-bond donors (Lipinski definition) is 0. The van der Waals surface area contributed by atoms with Crippen LogP contribution in [0.15, 0.2) is 224 Å². The van der Waals surface area contributed by atoms with Crippen molar-refractivity contribution in [1.29, 1.82) is 0 Å². The number of benzene rings is 11. The summed E-state index contributed by atoms with van der Waals surface area (Å²) in [6.07, 6.45) is 0. The standard InChI is InChI=1S/C62H37BN2O2/c1-3-19-44(20-4-1)64-54-25-13-11-23-46(54)48-31-33-52-61(57(48)64)66-59-50(42-29-27-38-15-7-9-17-40(38)35-42)37-51(43-30-28-39-16-8-10-18-41(39)36-43)60-56(59)63(52)53-34-32-49-47-24-12-14-26-55(47)65(58(49)62(53)67-60)45-21-5-2-6-22-45/h1-37H. The van der Waals surface area contributed by atoms with E-state index >= 15 is 0 Å². The molecule has 15 rings (SSSR count). The van der Waals surface area contributed by atoms with E-state index < -0.39 is 0 Å². The molecule has 0 spiro atoms. The predicted octanol–water partition coefficient (Wildman–Crippen LogP) is 14.2. The van der Waals surface area contributed by atoms with Crippen LogP contribution in [0.25, 0.3) is 98.8 Å². The lowest BCUT2D eigenvalue weighted by atomic mass is 9.34. The van der Waals surface area contributed by atoms with E-state index in [1.807, 2.05) is 0 Å². The summed E-state index contributed by atoms with van der Waals surface area (Å²) in [6.45, 7) is -0.240. The minimum Gasteiger partial charge on any atom is -0.455 e.